The molecule has 2 N–H and O–H groups in total. The number of carbonyl (C=O) groups is 1. The molecule has 2 rings (SSSR count). The van der Waals surface area contributed by atoms with E-state index in [1.165, 1.54) is 13.8 Å². The number of halogens is 4. The molecule has 0 unspecified atom stereocenters. The van der Waals surface area contributed by atoms with Crippen molar-refractivity contribution in [2.45, 2.75) is 36.4 Å². The number of nitrogens with zero attached hydrogens (tertiary/aromatic N) is 1. The van der Waals surface area contributed by atoms with Crippen molar-refractivity contribution in [2.24, 2.45) is 0 Å². The number of carbonyl (C=O) groups excluding carboxylic acids is 1. The predicted molar refractivity (Wildman–Crippen MR) is 92.8 cm³/mol. The van der Waals surface area contributed by atoms with Gasteiger partial charge in [0.2, 0.25) is 10.2 Å². The Hall–Kier alpha value is -1.69. The molecule has 1 aromatic heterocycles. The maximum Gasteiger partial charge on any atom is 0.416 e. The van der Waals surface area contributed by atoms with Gasteiger partial charge in [-0.3, -0.25) is 4.79 Å². The van der Waals surface area contributed by atoms with Crippen LogP contribution in [-0.2, 0) is 33.0 Å². The van der Waals surface area contributed by atoms with Crippen LogP contribution in [0.1, 0.15) is 29.9 Å². The Bertz CT molecular complexity index is 966. The summed E-state index contributed by atoms with van der Waals surface area (Å²) in [6, 6.07) is 2.43. The number of rotatable bonds is 5. The summed E-state index contributed by atoms with van der Waals surface area (Å²) in [5, 5.41) is 9.75. The minimum atomic E-state index is -4.63. The molecule has 1 amide bonds. The van der Waals surface area contributed by atoms with Crippen molar-refractivity contribution in [2.75, 3.05) is 0 Å². The van der Waals surface area contributed by atoms with Crippen LogP contribution in [0.2, 0.25) is 5.02 Å². The Balaban J connectivity index is 2.19. The molecule has 0 bridgehead atoms. The fourth-order valence-corrected chi connectivity index (χ4v) is 4.27. The van der Waals surface area contributed by atoms with E-state index in [-0.39, 0.29) is 15.5 Å². The Morgan fingerprint density at radius 2 is 1.96 bits per heavy atom. The number of sulfonamides is 1. The molecule has 0 aliphatic heterocycles. The molecule has 0 radical (unpaired) electrons. The van der Waals surface area contributed by atoms with E-state index in [9.17, 15) is 31.5 Å². The first-order valence-corrected chi connectivity index (χ1v) is 9.98. The standard InChI is InChI=1S/C15H14ClF3N2O4S2/c1-14(2,23)11-7-20-13(26-11)27(24,25)21-12(22)6-8-5-9(15(17,18)19)3-4-10(8)16/h3-5,7,23H,6H2,1-2H3,(H,21,22). The van der Waals surface area contributed by atoms with E-state index < -0.39 is 44.0 Å². The molecule has 27 heavy (non-hydrogen) atoms. The van der Waals surface area contributed by atoms with Crippen LogP contribution < -0.4 is 4.72 Å². The molecular weight excluding hydrogens is 429 g/mol. The topological polar surface area (TPSA) is 96.4 Å². The minimum Gasteiger partial charge on any atom is -0.385 e. The van der Waals surface area contributed by atoms with Gasteiger partial charge < -0.3 is 5.11 Å². The average molecular weight is 443 g/mol. The summed E-state index contributed by atoms with van der Waals surface area (Å²) in [4.78, 5) is 15.9. The van der Waals surface area contributed by atoms with E-state index in [0.717, 1.165) is 18.3 Å². The monoisotopic (exact) mass is 442 g/mol. The van der Waals surface area contributed by atoms with Gasteiger partial charge in [-0.2, -0.15) is 21.6 Å². The number of alkyl halides is 3. The van der Waals surface area contributed by atoms with Crippen molar-refractivity contribution >= 4 is 38.9 Å². The van der Waals surface area contributed by atoms with Crippen LogP contribution in [0.3, 0.4) is 0 Å². The quantitative estimate of drug-likeness (QED) is 0.741. The van der Waals surface area contributed by atoms with Crippen molar-refractivity contribution < 1.29 is 31.5 Å². The predicted octanol–water partition coefficient (Wildman–Crippen LogP) is 3.09. The summed E-state index contributed by atoms with van der Waals surface area (Å²) < 4.78 is 64.0. The number of nitrogens with one attached hydrogen (secondary N) is 1. The highest BCUT2D eigenvalue weighted by Gasteiger charge is 2.31. The summed E-state index contributed by atoms with van der Waals surface area (Å²) in [7, 11) is -4.34. The fourth-order valence-electron chi connectivity index (χ4n) is 1.95. The summed E-state index contributed by atoms with van der Waals surface area (Å²) >= 11 is 6.46. The zero-order chi connectivity index (χ0) is 20.6. The van der Waals surface area contributed by atoms with Gasteiger partial charge in [0.1, 0.15) is 0 Å². The van der Waals surface area contributed by atoms with Gasteiger partial charge in [0.25, 0.3) is 10.0 Å². The van der Waals surface area contributed by atoms with Gasteiger partial charge in [-0.25, -0.2) is 9.71 Å². The van der Waals surface area contributed by atoms with E-state index in [4.69, 9.17) is 11.6 Å². The maximum atomic E-state index is 12.8. The normalized spacial score (nSPS) is 12.9. The molecule has 0 saturated heterocycles. The highest BCUT2D eigenvalue weighted by Crippen LogP contribution is 2.32. The summed E-state index contributed by atoms with van der Waals surface area (Å²) in [6.07, 6.45) is -4.14. The average Bonchev–Trinajstić information content (AvgIpc) is 2.98. The van der Waals surface area contributed by atoms with Crippen LogP contribution >= 0.6 is 22.9 Å². The van der Waals surface area contributed by atoms with Crippen LogP contribution in [0.25, 0.3) is 0 Å². The maximum absolute atomic E-state index is 12.8. The first kappa shape index (κ1) is 21.6. The van der Waals surface area contributed by atoms with Crippen molar-refractivity contribution in [3.05, 3.63) is 45.4 Å². The Morgan fingerprint density at radius 1 is 1.33 bits per heavy atom. The SMILES string of the molecule is CC(C)(O)c1cnc(S(=O)(=O)NC(=O)Cc2cc(C(F)(F)F)ccc2Cl)s1. The zero-order valence-corrected chi connectivity index (χ0v) is 16.4. The first-order chi connectivity index (χ1) is 12.2. The van der Waals surface area contributed by atoms with E-state index in [1.807, 2.05) is 0 Å². The third-order valence-corrected chi connectivity index (χ3v) is 6.73. The Labute approximate surface area is 162 Å². The van der Waals surface area contributed by atoms with E-state index in [2.05, 4.69) is 4.98 Å². The molecule has 0 fully saturated rings. The molecule has 0 spiro atoms. The first-order valence-electron chi connectivity index (χ1n) is 7.30. The smallest absolute Gasteiger partial charge is 0.385 e. The number of hydrogen-bond acceptors (Lipinski definition) is 6. The molecule has 0 saturated carbocycles. The lowest BCUT2D eigenvalue weighted by Gasteiger charge is -2.13. The van der Waals surface area contributed by atoms with Crippen LogP contribution in [0, 0.1) is 0 Å². The number of benzene rings is 1. The number of aliphatic hydroxyl groups is 1. The van der Waals surface area contributed by atoms with Gasteiger partial charge in [-0.15, -0.1) is 11.3 Å². The molecule has 0 aliphatic rings. The van der Waals surface area contributed by atoms with Crippen molar-refractivity contribution in [3.63, 3.8) is 0 Å². The molecule has 12 heteroatoms. The lowest BCUT2D eigenvalue weighted by molar-refractivity contribution is -0.137. The number of amides is 1. The fraction of sp³-hybridized carbons (Fsp3) is 0.333. The second kappa shape index (κ2) is 7.38. The van der Waals surface area contributed by atoms with Gasteiger partial charge >= 0.3 is 6.18 Å². The van der Waals surface area contributed by atoms with Crippen LogP contribution in [0.15, 0.2) is 28.7 Å². The van der Waals surface area contributed by atoms with Crippen LogP contribution in [-0.4, -0.2) is 24.4 Å². The van der Waals surface area contributed by atoms with Gasteiger partial charge in [-0.1, -0.05) is 11.6 Å². The summed E-state index contributed by atoms with van der Waals surface area (Å²) in [5.41, 5.74) is -2.50. The molecule has 0 atom stereocenters. The Kier molecular flexibility index (Phi) is 5.91. The molecule has 0 aliphatic carbocycles. The second-order valence-corrected chi connectivity index (χ2v) is 9.35. The number of hydrogen-bond donors (Lipinski definition) is 2. The van der Waals surface area contributed by atoms with E-state index in [1.54, 1.807) is 4.72 Å². The van der Waals surface area contributed by atoms with Gasteiger partial charge in [0.15, 0.2) is 0 Å². The van der Waals surface area contributed by atoms with Crippen LogP contribution in [0.4, 0.5) is 13.2 Å². The molecular formula is C15H14ClF3N2O4S2. The third kappa shape index (κ3) is 5.41. The highest BCUT2D eigenvalue weighted by atomic mass is 35.5. The number of aromatic nitrogens is 1. The molecule has 1 heterocycles. The molecule has 6 nitrogen and oxygen atoms in total. The van der Waals surface area contributed by atoms with Crippen molar-refractivity contribution in [3.8, 4) is 0 Å². The van der Waals surface area contributed by atoms with Gasteiger partial charge in [-0.05, 0) is 37.6 Å². The van der Waals surface area contributed by atoms with E-state index in [0.29, 0.717) is 17.4 Å². The van der Waals surface area contributed by atoms with Gasteiger partial charge in [0, 0.05) is 11.2 Å². The van der Waals surface area contributed by atoms with Gasteiger partial charge in [0.05, 0.1) is 22.5 Å². The third-order valence-electron chi connectivity index (χ3n) is 3.29. The lowest BCUT2D eigenvalue weighted by Crippen LogP contribution is -2.31. The number of thiazole rings is 1. The molecule has 2 aromatic rings. The summed E-state index contributed by atoms with van der Waals surface area (Å²) in [5.74, 6) is -1.07. The van der Waals surface area contributed by atoms with Crippen molar-refractivity contribution in [1.29, 1.82) is 0 Å². The second-order valence-electron chi connectivity index (χ2n) is 6.06. The van der Waals surface area contributed by atoms with E-state index >= 15 is 0 Å². The highest BCUT2D eigenvalue weighted by molar-refractivity contribution is 7.92. The van der Waals surface area contributed by atoms with Crippen molar-refractivity contribution in [1.82, 2.24) is 9.71 Å². The molecule has 148 valence electrons. The largest absolute Gasteiger partial charge is 0.416 e. The zero-order valence-electron chi connectivity index (χ0n) is 14.0. The minimum absolute atomic E-state index is 0.103. The summed E-state index contributed by atoms with van der Waals surface area (Å²) in [6.45, 7) is 2.87. The van der Waals surface area contributed by atoms with Crippen LogP contribution in [0.5, 0.6) is 0 Å². The lowest BCUT2D eigenvalue weighted by atomic mass is 10.1. The molecule has 1 aromatic carbocycles. The Morgan fingerprint density at radius 3 is 2.48 bits per heavy atom.